The molecule has 1 atom stereocenters. The van der Waals surface area contributed by atoms with Gasteiger partial charge >= 0.3 is 0 Å². The maximum atomic E-state index is 13.5. The van der Waals surface area contributed by atoms with Crippen LogP contribution in [0, 0.1) is 0 Å². The number of nitrogens with zero attached hydrogens (tertiary/aromatic N) is 2. The summed E-state index contributed by atoms with van der Waals surface area (Å²) in [6.07, 6.45) is 2.82. The Morgan fingerprint density at radius 2 is 1.88 bits per heavy atom. The summed E-state index contributed by atoms with van der Waals surface area (Å²) in [6.45, 7) is 4.13. The zero-order chi connectivity index (χ0) is 22.7. The van der Waals surface area contributed by atoms with Gasteiger partial charge in [-0.25, -0.2) is 0 Å². The predicted molar refractivity (Wildman–Crippen MR) is 125 cm³/mol. The molecule has 168 valence electrons. The zero-order valence-electron chi connectivity index (χ0n) is 19.0. The number of ether oxygens (including phenoxy) is 1. The van der Waals surface area contributed by atoms with Crippen LogP contribution in [-0.2, 0) is 0 Å². The minimum atomic E-state index is -0.491. The van der Waals surface area contributed by atoms with E-state index >= 15 is 0 Å². The van der Waals surface area contributed by atoms with E-state index in [1.165, 1.54) is 0 Å². The molecule has 2 heterocycles. The lowest BCUT2D eigenvalue weighted by Gasteiger charge is -2.26. The summed E-state index contributed by atoms with van der Waals surface area (Å²) in [5.74, 6) is 0.667. The van der Waals surface area contributed by atoms with Crippen molar-refractivity contribution in [3.05, 3.63) is 75.6 Å². The first-order chi connectivity index (χ1) is 15.5. The molecule has 0 fully saturated rings. The molecule has 6 nitrogen and oxygen atoms in total. The van der Waals surface area contributed by atoms with E-state index in [9.17, 15) is 9.59 Å². The Balaban J connectivity index is 1.79. The molecule has 0 N–H and O–H groups in total. The molecule has 1 unspecified atom stereocenters. The minimum absolute atomic E-state index is 0.146. The van der Waals surface area contributed by atoms with Crippen LogP contribution in [0.1, 0.15) is 53.9 Å². The first kappa shape index (κ1) is 22.1. The SMILES string of the molecule is CCCCOc1cccc(C2c3c(oc4ccccc4c3=O)C(=O)N2CCCN(C)C)c1. The highest BCUT2D eigenvalue weighted by molar-refractivity contribution is 5.99. The molecule has 0 radical (unpaired) electrons. The van der Waals surface area contributed by atoms with Crippen molar-refractivity contribution in [3.8, 4) is 5.75 Å². The van der Waals surface area contributed by atoms with E-state index in [0.29, 0.717) is 29.7 Å². The van der Waals surface area contributed by atoms with Gasteiger partial charge in [-0.15, -0.1) is 0 Å². The second-order valence-electron chi connectivity index (χ2n) is 8.50. The Bertz CT molecular complexity index is 1170. The fraction of sp³-hybridized carbons (Fsp3) is 0.385. The van der Waals surface area contributed by atoms with Crippen LogP contribution in [0.4, 0.5) is 0 Å². The van der Waals surface area contributed by atoms with Gasteiger partial charge in [-0.05, 0) is 63.3 Å². The van der Waals surface area contributed by atoms with E-state index in [-0.39, 0.29) is 17.1 Å². The number of carbonyl (C=O) groups is 1. The van der Waals surface area contributed by atoms with Crippen LogP contribution >= 0.6 is 0 Å². The molecule has 0 bridgehead atoms. The topological polar surface area (TPSA) is 63.0 Å². The van der Waals surface area contributed by atoms with Crippen LogP contribution < -0.4 is 10.2 Å². The number of benzene rings is 2. The number of para-hydroxylation sites is 1. The molecule has 0 saturated carbocycles. The van der Waals surface area contributed by atoms with Gasteiger partial charge in [-0.3, -0.25) is 9.59 Å². The summed E-state index contributed by atoms with van der Waals surface area (Å²) in [7, 11) is 4.01. The number of carbonyl (C=O) groups excluding carboxylic acids is 1. The lowest BCUT2D eigenvalue weighted by atomic mass is 9.98. The van der Waals surface area contributed by atoms with E-state index in [1.807, 2.05) is 44.4 Å². The molecule has 4 rings (SSSR count). The maximum Gasteiger partial charge on any atom is 0.290 e. The molecule has 1 amide bonds. The Morgan fingerprint density at radius 3 is 2.66 bits per heavy atom. The van der Waals surface area contributed by atoms with Crippen molar-refractivity contribution in [3.63, 3.8) is 0 Å². The van der Waals surface area contributed by atoms with Crippen LogP contribution in [0.2, 0.25) is 0 Å². The van der Waals surface area contributed by atoms with Crippen LogP contribution in [0.5, 0.6) is 5.75 Å². The first-order valence-corrected chi connectivity index (χ1v) is 11.3. The van der Waals surface area contributed by atoms with Crippen molar-refractivity contribution in [1.29, 1.82) is 0 Å². The summed E-state index contributed by atoms with van der Waals surface area (Å²) >= 11 is 0. The van der Waals surface area contributed by atoms with Gasteiger partial charge in [-0.1, -0.05) is 37.6 Å². The van der Waals surface area contributed by atoms with Gasteiger partial charge in [0.25, 0.3) is 5.91 Å². The predicted octanol–water partition coefficient (Wildman–Crippen LogP) is 4.47. The van der Waals surface area contributed by atoms with Gasteiger partial charge in [-0.2, -0.15) is 0 Å². The monoisotopic (exact) mass is 434 g/mol. The lowest BCUT2D eigenvalue weighted by Crippen LogP contribution is -2.32. The molecule has 0 spiro atoms. The molecule has 1 aliphatic heterocycles. The van der Waals surface area contributed by atoms with Crippen LogP contribution in [0.25, 0.3) is 11.0 Å². The molecule has 1 aromatic heterocycles. The Labute approximate surface area is 188 Å². The average Bonchev–Trinajstić information content (AvgIpc) is 3.06. The van der Waals surface area contributed by atoms with Gasteiger partial charge in [0.2, 0.25) is 5.76 Å². The van der Waals surface area contributed by atoms with Crippen LogP contribution in [0.3, 0.4) is 0 Å². The Kier molecular flexibility index (Phi) is 6.61. The van der Waals surface area contributed by atoms with E-state index < -0.39 is 6.04 Å². The quantitative estimate of drug-likeness (QED) is 0.465. The lowest BCUT2D eigenvalue weighted by molar-refractivity contribution is 0.0722. The number of rotatable bonds is 9. The summed E-state index contributed by atoms with van der Waals surface area (Å²) in [5, 5.41) is 0.495. The molecule has 32 heavy (non-hydrogen) atoms. The van der Waals surface area contributed by atoms with Gasteiger partial charge < -0.3 is 19.0 Å². The summed E-state index contributed by atoms with van der Waals surface area (Å²) in [6, 6.07) is 14.3. The number of hydrogen-bond donors (Lipinski definition) is 0. The van der Waals surface area contributed by atoms with Gasteiger partial charge in [0.05, 0.1) is 23.6 Å². The van der Waals surface area contributed by atoms with Gasteiger partial charge in [0.1, 0.15) is 11.3 Å². The minimum Gasteiger partial charge on any atom is -0.494 e. The fourth-order valence-corrected chi connectivity index (χ4v) is 4.21. The molecule has 6 heteroatoms. The maximum absolute atomic E-state index is 13.5. The second-order valence-corrected chi connectivity index (χ2v) is 8.50. The molecule has 3 aromatic rings. The third kappa shape index (κ3) is 4.28. The summed E-state index contributed by atoms with van der Waals surface area (Å²) in [5.41, 5.74) is 1.57. The normalized spacial score (nSPS) is 15.6. The van der Waals surface area contributed by atoms with Crippen molar-refractivity contribution in [2.24, 2.45) is 0 Å². The third-order valence-corrected chi connectivity index (χ3v) is 5.82. The molecular weight excluding hydrogens is 404 g/mol. The number of amides is 1. The van der Waals surface area contributed by atoms with Gasteiger partial charge in [0.15, 0.2) is 5.43 Å². The Hall–Kier alpha value is -3.12. The zero-order valence-corrected chi connectivity index (χ0v) is 19.0. The smallest absolute Gasteiger partial charge is 0.290 e. The third-order valence-electron chi connectivity index (χ3n) is 5.82. The molecule has 0 aliphatic carbocycles. The largest absolute Gasteiger partial charge is 0.494 e. The molecular formula is C26H30N2O4. The van der Waals surface area contributed by atoms with Crippen LogP contribution in [-0.4, -0.2) is 49.5 Å². The molecule has 2 aromatic carbocycles. The highest BCUT2D eigenvalue weighted by atomic mass is 16.5. The highest BCUT2D eigenvalue weighted by Crippen LogP contribution is 2.39. The number of hydrogen-bond acceptors (Lipinski definition) is 5. The van der Waals surface area contributed by atoms with E-state index in [1.54, 1.807) is 23.1 Å². The Morgan fingerprint density at radius 1 is 1.06 bits per heavy atom. The molecule has 0 saturated heterocycles. The van der Waals surface area contributed by atoms with E-state index in [2.05, 4.69) is 11.8 Å². The van der Waals surface area contributed by atoms with Crippen molar-refractivity contribution >= 4 is 16.9 Å². The van der Waals surface area contributed by atoms with Crippen LogP contribution in [0.15, 0.2) is 57.7 Å². The molecule has 1 aliphatic rings. The summed E-state index contributed by atoms with van der Waals surface area (Å²) < 4.78 is 11.9. The number of fused-ring (bicyclic) bond motifs is 2. The fourth-order valence-electron chi connectivity index (χ4n) is 4.21. The standard InChI is InChI=1S/C26H30N2O4/c1-4-5-16-31-19-11-8-10-18(17-19)23-22-24(29)20-12-6-7-13-21(20)32-25(22)26(30)28(23)15-9-14-27(2)3/h6-8,10-13,17,23H,4-5,9,14-16H2,1-3H3. The number of unbranched alkanes of at least 4 members (excludes halogenated alkanes) is 1. The second kappa shape index (κ2) is 9.57. The highest BCUT2D eigenvalue weighted by Gasteiger charge is 2.42. The first-order valence-electron chi connectivity index (χ1n) is 11.3. The van der Waals surface area contributed by atoms with Crippen molar-refractivity contribution < 1.29 is 13.9 Å². The summed E-state index contributed by atoms with van der Waals surface area (Å²) in [4.78, 5) is 30.7. The van der Waals surface area contributed by atoms with E-state index in [4.69, 9.17) is 9.15 Å². The van der Waals surface area contributed by atoms with Crippen molar-refractivity contribution in [2.45, 2.75) is 32.2 Å². The average molecular weight is 435 g/mol. The van der Waals surface area contributed by atoms with Crippen molar-refractivity contribution in [1.82, 2.24) is 9.80 Å². The van der Waals surface area contributed by atoms with E-state index in [0.717, 1.165) is 37.1 Å². The van der Waals surface area contributed by atoms with Crippen molar-refractivity contribution in [2.75, 3.05) is 33.8 Å². The van der Waals surface area contributed by atoms with Gasteiger partial charge in [0, 0.05) is 6.54 Å².